The van der Waals surface area contributed by atoms with Gasteiger partial charge in [0.25, 0.3) is 0 Å². The third-order valence-electron chi connectivity index (χ3n) is 3.99. The second kappa shape index (κ2) is 2.99. The zero-order valence-electron chi connectivity index (χ0n) is 9.74. The first kappa shape index (κ1) is 10.5. The Balaban J connectivity index is 2.61. The Hall–Kier alpha value is -1.02. The standard InChI is InChI=1S/C13H18O2/c1-9-12(2,3)13(4,14)10-7-5-6-8-11(10)15-9/h5-9,14H,1-4H3. The molecule has 0 spiro atoms. The van der Waals surface area contributed by atoms with Crippen molar-refractivity contribution in [2.75, 3.05) is 0 Å². The highest BCUT2D eigenvalue weighted by atomic mass is 16.5. The maximum absolute atomic E-state index is 10.6. The summed E-state index contributed by atoms with van der Waals surface area (Å²) in [6.07, 6.45) is 0.00222. The molecule has 2 rings (SSSR count). The third kappa shape index (κ3) is 1.28. The second-order valence-electron chi connectivity index (χ2n) is 5.05. The molecule has 2 unspecified atom stereocenters. The van der Waals surface area contributed by atoms with Gasteiger partial charge in [-0.15, -0.1) is 0 Å². The van der Waals surface area contributed by atoms with Crippen molar-refractivity contribution in [2.45, 2.75) is 39.4 Å². The molecule has 0 aliphatic carbocycles. The number of para-hydroxylation sites is 1. The molecular formula is C13H18O2. The lowest BCUT2D eigenvalue weighted by Crippen LogP contribution is -2.51. The second-order valence-corrected chi connectivity index (χ2v) is 5.05. The predicted molar refractivity (Wildman–Crippen MR) is 59.9 cm³/mol. The minimum absolute atomic E-state index is 0.00222. The van der Waals surface area contributed by atoms with Gasteiger partial charge in [-0.1, -0.05) is 32.0 Å². The molecule has 0 saturated carbocycles. The molecule has 1 aliphatic heterocycles. The van der Waals surface area contributed by atoms with Crippen molar-refractivity contribution in [1.29, 1.82) is 0 Å². The van der Waals surface area contributed by atoms with Gasteiger partial charge in [0.15, 0.2) is 0 Å². The van der Waals surface area contributed by atoms with Crippen LogP contribution in [-0.4, -0.2) is 11.2 Å². The van der Waals surface area contributed by atoms with E-state index in [-0.39, 0.29) is 11.5 Å². The Morgan fingerprint density at radius 3 is 2.47 bits per heavy atom. The molecule has 1 aromatic rings. The molecule has 0 aromatic heterocycles. The van der Waals surface area contributed by atoms with Gasteiger partial charge in [0, 0.05) is 11.0 Å². The third-order valence-corrected chi connectivity index (χ3v) is 3.99. The molecule has 15 heavy (non-hydrogen) atoms. The number of fused-ring (bicyclic) bond motifs is 1. The first-order chi connectivity index (χ1) is 6.87. The van der Waals surface area contributed by atoms with Crippen LogP contribution in [0, 0.1) is 5.41 Å². The molecule has 0 saturated heterocycles. The van der Waals surface area contributed by atoms with E-state index in [2.05, 4.69) is 0 Å². The molecule has 2 nitrogen and oxygen atoms in total. The maximum atomic E-state index is 10.6. The van der Waals surface area contributed by atoms with E-state index in [0.717, 1.165) is 11.3 Å². The summed E-state index contributed by atoms with van der Waals surface area (Å²) in [6.45, 7) is 7.94. The van der Waals surface area contributed by atoms with Gasteiger partial charge in [-0.2, -0.15) is 0 Å². The first-order valence-corrected chi connectivity index (χ1v) is 5.36. The lowest BCUT2D eigenvalue weighted by Gasteiger charge is -2.48. The molecule has 0 radical (unpaired) electrons. The van der Waals surface area contributed by atoms with E-state index in [9.17, 15) is 5.11 Å². The van der Waals surface area contributed by atoms with Crippen molar-refractivity contribution in [3.05, 3.63) is 29.8 Å². The highest BCUT2D eigenvalue weighted by Gasteiger charge is 2.50. The molecule has 0 bridgehead atoms. The fourth-order valence-corrected chi connectivity index (χ4v) is 2.05. The van der Waals surface area contributed by atoms with E-state index in [4.69, 9.17) is 4.74 Å². The zero-order chi connectivity index (χ0) is 11.3. The summed E-state index contributed by atoms with van der Waals surface area (Å²) in [5.41, 5.74) is -0.254. The van der Waals surface area contributed by atoms with Gasteiger partial charge in [-0.3, -0.25) is 0 Å². The normalized spacial score (nSPS) is 33.0. The van der Waals surface area contributed by atoms with Crippen LogP contribution in [0.25, 0.3) is 0 Å². The Bertz CT molecular complexity index is 380. The lowest BCUT2D eigenvalue weighted by atomic mass is 9.67. The molecule has 1 aliphatic rings. The summed E-state index contributed by atoms with van der Waals surface area (Å²) >= 11 is 0. The molecule has 2 atom stereocenters. The molecule has 1 heterocycles. The number of ether oxygens (including phenoxy) is 1. The Morgan fingerprint density at radius 1 is 1.20 bits per heavy atom. The predicted octanol–water partition coefficient (Wildman–Crippen LogP) is 2.70. The number of aliphatic hydroxyl groups is 1. The van der Waals surface area contributed by atoms with Crippen LogP contribution in [0.1, 0.15) is 33.3 Å². The van der Waals surface area contributed by atoms with Gasteiger partial charge < -0.3 is 9.84 Å². The highest BCUT2D eigenvalue weighted by molar-refractivity contribution is 5.41. The Labute approximate surface area is 90.9 Å². The van der Waals surface area contributed by atoms with E-state index >= 15 is 0 Å². The number of rotatable bonds is 0. The van der Waals surface area contributed by atoms with Crippen molar-refractivity contribution >= 4 is 0 Å². The van der Waals surface area contributed by atoms with Crippen LogP contribution >= 0.6 is 0 Å². The van der Waals surface area contributed by atoms with Crippen LogP contribution in [-0.2, 0) is 5.60 Å². The molecule has 1 aromatic carbocycles. The molecule has 1 N–H and O–H groups in total. The largest absolute Gasteiger partial charge is 0.490 e. The van der Waals surface area contributed by atoms with E-state index in [0.29, 0.717) is 0 Å². The SMILES string of the molecule is CC1Oc2ccccc2C(C)(O)C1(C)C. The summed E-state index contributed by atoms with van der Waals surface area (Å²) in [6, 6.07) is 7.71. The van der Waals surface area contributed by atoms with E-state index < -0.39 is 5.60 Å². The van der Waals surface area contributed by atoms with E-state index in [1.165, 1.54) is 0 Å². The van der Waals surface area contributed by atoms with Crippen molar-refractivity contribution < 1.29 is 9.84 Å². The summed E-state index contributed by atoms with van der Waals surface area (Å²) < 4.78 is 5.82. The topological polar surface area (TPSA) is 29.5 Å². The summed E-state index contributed by atoms with van der Waals surface area (Å²) in [5, 5.41) is 10.6. The van der Waals surface area contributed by atoms with Crippen molar-refractivity contribution in [2.24, 2.45) is 5.41 Å². The Morgan fingerprint density at radius 2 is 1.80 bits per heavy atom. The number of hydrogen-bond donors (Lipinski definition) is 1. The minimum atomic E-state index is -0.846. The highest BCUT2D eigenvalue weighted by Crippen LogP contribution is 2.49. The average Bonchev–Trinajstić information content (AvgIpc) is 2.16. The molecule has 82 valence electrons. The van der Waals surface area contributed by atoms with Gasteiger partial charge in [0.1, 0.15) is 11.9 Å². The van der Waals surface area contributed by atoms with Gasteiger partial charge >= 0.3 is 0 Å². The fourth-order valence-electron chi connectivity index (χ4n) is 2.05. The number of benzene rings is 1. The minimum Gasteiger partial charge on any atom is -0.490 e. The van der Waals surface area contributed by atoms with E-state index in [1.807, 2.05) is 52.0 Å². The van der Waals surface area contributed by atoms with Gasteiger partial charge in [0.2, 0.25) is 0 Å². The average molecular weight is 206 g/mol. The number of hydrogen-bond acceptors (Lipinski definition) is 2. The summed E-state index contributed by atoms with van der Waals surface area (Å²) in [4.78, 5) is 0. The van der Waals surface area contributed by atoms with Gasteiger partial charge in [0.05, 0.1) is 5.60 Å². The summed E-state index contributed by atoms with van der Waals surface area (Å²) in [7, 11) is 0. The molecule has 0 fully saturated rings. The van der Waals surface area contributed by atoms with Crippen LogP contribution in [0.15, 0.2) is 24.3 Å². The van der Waals surface area contributed by atoms with Crippen LogP contribution in [0.2, 0.25) is 0 Å². The zero-order valence-corrected chi connectivity index (χ0v) is 9.74. The monoisotopic (exact) mass is 206 g/mol. The quantitative estimate of drug-likeness (QED) is 0.707. The lowest BCUT2D eigenvalue weighted by molar-refractivity contribution is -0.126. The van der Waals surface area contributed by atoms with E-state index in [1.54, 1.807) is 0 Å². The maximum Gasteiger partial charge on any atom is 0.125 e. The fraction of sp³-hybridized carbons (Fsp3) is 0.538. The molecule has 2 heteroatoms. The van der Waals surface area contributed by atoms with Crippen molar-refractivity contribution in [1.82, 2.24) is 0 Å². The first-order valence-electron chi connectivity index (χ1n) is 5.36. The molecule has 0 amide bonds. The summed E-state index contributed by atoms with van der Waals surface area (Å²) in [5.74, 6) is 0.800. The van der Waals surface area contributed by atoms with Crippen molar-refractivity contribution in [3.63, 3.8) is 0 Å². The van der Waals surface area contributed by atoms with Crippen LogP contribution in [0.5, 0.6) is 5.75 Å². The van der Waals surface area contributed by atoms with Crippen LogP contribution < -0.4 is 4.74 Å². The van der Waals surface area contributed by atoms with Crippen LogP contribution in [0.3, 0.4) is 0 Å². The van der Waals surface area contributed by atoms with Gasteiger partial charge in [-0.25, -0.2) is 0 Å². The van der Waals surface area contributed by atoms with Crippen molar-refractivity contribution in [3.8, 4) is 5.75 Å². The smallest absolute Gasteiger partial charge is 0.125 e. The molecular weight excluding hydrogens is 188 g/mol. The Kier molecular flexibility index (Phi) is 2.09. The van der Waals surface area contributed by atoms with Crippen LogP contribution in [0.4, 0.5) is 0 Å². The van der Waals surface area contributed by atoms with Gasteiger partial charge in [-0.05, 0) is 19.9 Å².